The molecule has 0 aromatic carbocycles. The predicted molar refractivity (Wildman–Crippen MR) is 81.0 cm³/mol. The molecule has 1 unspecified atom stereocenters. The number of aliphatic hydroxyl groups is 2. The second kappa shape index (κ2) is 5.33. The van der Waals surface area contributed by atoms with E-state index in [0.29, 0.717) is 10.6 Å². The molecule has 0 bridgehead atoms. The first-order valence-electron chi connectivity index (χ1n) is 6.92. The molecule has 0 fully saturated rings. The van der Waals surface area contributed by atoms with Crippen molar-refractivity contribution in [1.82, 2.24) is 0 Å². The van der Waals surface area contributed by atoms with Crippen LogP contribution in [-0.4, -0.2) is 40.8 Å². The largest absolute Gasteiger partial charge is 0.467 e. The highest BCUT2D eigenvalue weighted by molar-refractivity contribution is 6.33. The van der Waals surface area contributed by atoms with E-state index in [0.717, 1.165) is 7.11 Å². The summed E-state index contributed by atoms with van der Waals surface area (Å²) in [5.41, 5.74) is -2.33. The molecule has 0 saturated carbocycles. The monoisotopic (exact) mass is 326 g/mol. The van der Waals surface area contributed by atoms with Crippen molar-refractivity contribution in [1.29, 1.82) is 0 Å². The molecule has 0 amide bonds. The van der Waals surface area contributed by atoms with Crippen molar-refractivity contribution in [2.45, 2.75) is 32.5 Å². The lowest BCUT2D eigenvalue weighted by molar-refractivity contribution is -0.157. The minimum absolute atomic E-state index is 0.0731. The second-order valence-electron chi connectivity index (χ2n) is 6.12. The highest BCUT2D eigenvalue weighted by Crippen LogP contribution is 2.50. The highest BCUT2D eigenvalue weighted by Gasteiger charge is 2.49. The van der Waals surface area contributed by atoms with Crippen LogP contribution in [0.1, 0.15) is 20.8 Å². The van der Waals surface area contributed by atoms with Crippen LogP contribution in [0, 0.1) is 11.3 Å². The van der Waals surface area contributed by atoms with E-state index < -0.39 is 28.9 Å². The summed E-state index contributed by atoms with van der Waals surface area (Å²) in [5.74, 6) is -1.70. The molecule has 0 radical (unpaired) electrons. The Morgan fingerprint density at radius 3 is 2.64 bits per heavy atom. The molecule has 0 aliphatic heterocycles. The van der Waals surface area contributed by atoms with Crippen LogP contribution in [0.3, 0.4) is 0 Å². The molecule has 4 atom stereocenters. The quantitative estimate of drug-likeness (QED) is 0.751. The molecule has 0 spiro atoms. The van der Waals surface area contributed by atoms with E-state index in [2.05, 4.69) is 4.74 Å². The fraction of sp³-hybridized carbons (Fsp3) is 0.500. The van der Waals surface area contributed by atoms with E-state index in [1.54, 1.807) is 0 Å². The topological polar surface area (TPSA) is 83.8 Å². The van der Waals surface area contributed by atoms with Gasteiger partial charge in [-0.25, -0.2) is 4.79 Å². The van der Waals surface area contributed by atoms with Crippen molar-refractivity contribution in [3.8, 4) is 0 Å². The fourth-order valence-corrected chi connectivity index (χ4v) is 3.33. The number of hydrogen-bond donors (Lipinski definition) is 2. The third kappa shape index (κ3) is 2.33. The molecule has 2 aliphatic rings. The zero-order chi connectivity index (χ0) is 16.9. The van der Waals surface area contributed by atoms with E-state index in [4.69, 9.17) is 11.6 Å². The average Bonchev–Trinajstić information content (AvgIpc) is 2.45. The van der Waals surface area contributed by atoms with Crippen LogP contribution < -0.4 is 0 Å². The fourth-order valence-electron chi connectivity index (χ4n) is 2.94. The number of hydrogen-bond acceptors (Lipinski definition) is 5. The lowest BCUT2D eigenvalue weighted by Gasteiger charge is -2.44. The summed E-state index contributed by atoms with van der Waals surface area (Å²) >= 11 is 6.15. The van der Waals surface area contributed by atoms with Crippen LogP contribution in [0.25, 0.3) is 0 Å². The van der Waals surface area contributed by atoms with Crippen LogP contribution >= 0.6 is 11.6 Å². The second-order valence-corrected chi connectivity index (χ2v) is 6.53. The van der Waals surface area contributed by atoms with Gasteiger partial charge in [-0.2, -0.15) is 0 Å². The number of aliphatic hydroxyl groups excluding tert-OH is 1. The Hall–Kier alpha value is -1.43. The van der Waals surface area contributed by atoms with E-state index in [-0.39, 0.29) is 11.5 Å². The van der Waals surface area contributed by atoms with Gasteiger partial charge >= 0.3 is 5.97 Å². The number of methoxy groups -OCH3 is 1. The van der Waals surface area contributed by atoms with Gasteiger partial charge in [-0.1, -0.05) is 31.5 Å². The van der Waals surface area contributed by atoms with Crippen LogP contribution in [-0.2, 0) is 14.3 Å². The summed E-state index contributed by atoms with van der Waals surface area (Å²) < 4.78 is 4.57. The molecule has 0 heterocycles. The Balaban J connectivity index is 2.60. The number of allylic oxidation sites excluding steroid dienone is 4. The van der Waals surface area contributed by atoms with Gasteiger partial charge in [-0.15, -0.1) is 0 Å². The van der Waals surface area contributed by atoms with Crippen molar-refractivity contribution >= 4 is 23.4 Å². The maximum atomic E-state index is 12.3. The van der Waals surface area contributed by atoms with Gasteiger partial charge in [0.1, 0.15) is 0 Å². The molecular formula is C16H19ClO5. The van der Waals surface area contributed by atoms with Gasteiger partial charge in [-0.3, -0.25) is 4.79 Å². The van der Waals surface area contributed by atoms with Crippen LogP contribution in [0.15, 0.2) is 34.4 Å². The van der Waals surface area contributed by atoms with Gasteiger partial charge in [-0.05, 0) is 30.6 Å². The Morgan fingerprint density at radius 2 is 2.09 bits per heavy atom. The van der Waals surface area contributed by atoms with Crippen molar-refractivity contribution in [3.63, 3.8) is 0 Å². The zero-order valence-corrected chi connectivity index (χ0v) is 13.6. The first kappa shape index (κ1) is 16.9. The number of fused-ring (bicyclic) bond motifs is 1. The molecule has 5 nitrogen and oxygen atoms in total. The van der Waals surface area contributed by atoms with Crippen LogP contribution in [0.2, 0.25) is 0 Å². The summed E-state index contributed by atoms with van der Waals surface area (Å²) in [7, 11) is 1.14. The lowest BCUT2D eigenvalue weighted by atomic mass is 9.62. The molecule has 2 aliphatic carbocycles. The Morgan fingerprint density at radius 1 is 1.50 bits per heavy atom. The Bertz CT molecular complexity index is 628. The van der Waals surface area contributed by atoms with Gasteiger partial charge in [0.2, 0.25) is 0 Å². The molecule has 0 aromatic heterocycles. The van der Waals surface area contributed by atoms with E-state index in [9.17, 15) is 19.8 Å². The molecule has 6 heteroatoms. The molecule has 2 N–H and O–H groups in total. The number of carbonyl (C=O) groups excluding carboxylic acids is 2. The van der Waals surface area contributed by atoms with Crippen LogP contribution in [0.5, 0.6) is 0 Å². The first-order chi connectivity index (χ1) is 10.1. The maximum absolute atomic E-state index is 12.3. The molecular weight excluding hydrogens is 308 g/mol. The molecule has 2 rings (SSSR count). The average molecular weight is 327 g/mol. The number of ketones is 1. The van der Waals surface area contributed by atoms with Gasteiger partial charge in [0, 0.05) is 16.0 Å². The summed E-state index contributed by atoms with van der Waals surface area (Å²) in [6, 6.07) is 0. The van der Waals surface area contributed by atoms with Gasteiger partial charge in [0.15, 0.2) is 11.4 Å². The highest BCUT2D eigenvalue weighted by atomic mass is 35.5. The number of ether oxygens (including phenoxy) is 1. The van der Waals surface area contributed by atoms with Crippen LogP contribution in [0.4, 0.5) is 0 Å². The van der Waals surface area contributed by atoms with Gasteiger partial charge in [0.25, 0.3) is 0 Å². The van der Waals surface area contributed by atoms with E-state index in [1.165, 1.54) is 25.2 Å². The summed E-state index contributed by atoms with van der Waals surface area (Å²) in [5, 5.41) is 20.8. The molecule has 120 valence electrons. The number of esters is 1. The summed E-state index contributed by atoms with van der Waals surface area (Å²) in [6.07, 6.45) is 3.53. The van der Waals surface area contributed by atoms with Crippen molar-refractivity contribution in [2.75, 3.05) is 7.11 Å². The van der Waals surface area contributed by atoms with Crippen molar-refractivity contribution < 1.29 is 24.5 Å². The first-order valence-corrected chi connectivity index (χ1v) is 7.30. The molecule has 22 heavy (non-hydrogen) atoms. The normalized spacial score (nSPS) is 34.0. The minimum atomic E-state index is -2.06. The Kier molecular flexibility index (Phi) is 4.11. The number of halogens is 1. The standard InChI is InChI=1S/C16H19ClO5/c1-8-12(18)6-11(17)9-5-13(19)10(7-15(8,9)2)16(3,21)14(20)22-4/h5-8,12,18,21H,1-4H3/t8-,12-,15+,16?/m0/s1. The van der Waals surface area contributed by atoms with E-state index >= 15 is 0 Å². The predicted octanol–water partition coefficient (Wildman–Crippen LogP) is 1.49. The maximum Gasteiger partial charge on any atom is 0.342 e. The third-order valence-corrected chi connectivity index (χ3v) is 5.03. The van der Waals surface area contributed by atoms with Crippen molar-refractivity contribution in [3.05, 3.63) is 34.4 Å². The molecule has 0 saturated heterocycles. The SMILES string of the molecule is COC(=O)C(C)(O)C1=C[C@@]2(C)C(=CC1=O)C(Cl)=C[C@H](O)[C@@H]2C. The Labute approximate surface area is 133 Å². The number of rotatable bonds is 2. The van der Waals surface area contributed by atoms with E-state index in [1.807, 2.05) is 13.8 Å². The summed E-state index contributed by atoms with van der Waals surface area (Å²) in [4.78, 5) is 24.1. The molecule has 0 aromatic rings. The van der Waals surface area contributed by atoms with Gasteiger partial charge in [0.05, 0.1) is 13.2 Å². The smallest absolute Gasteiger partial charge is 0.342 e. The summed E-state index contributed by atoms with van der Waals surface area (Å²) in [6.45, 7) is 4.84. The lowest BCUT2D eigenvalue weighted by Crippen LogP contribution is -2.46. The third-order valence-electron chi connectivity index (χ3n) is 4.71. The van der Waals surface area contributed by atoms with Gasteiger partial charge < -0.3 is 14.9 Å². The van der Waals surface area contributed by atoms with Crippen molar-refractivity contribution in [2.24, 2.45) is 11.3 Å². The minimum Gasteiger partial charge on any atom is -0.467 e. The number of carbonyl (C=O) groups is 2. The zero-order valence-electron chi connectivity index (χ0n) is 12.9.